The Kier molecular flexibility index (Phi) is 3.16. The molecule has 0 radical (unpaired) electrons. The van der Waals surface area contributed by atoms with Crippen molar-refractivity contribution in [2.45, 2.75) is 0 Å². The Morgan fingerprint density at radius 3 is 2.81 bits per heavy atom. The molecule has 16 heavy (non-hydrogen) atoms. The van der Waals surface area contributed by atoms with Gasteiger partial charge in [0, 0.05) is 10.5 Å². The van der Waals surface area contributed by atoms with E-state index in [1.807, 2.05) is 0 Å². The van der Waals surface area contributed by atoms with Gasteiger partial charge in [-0.05, 0) is 22.0 Å². The topological polar surface area (TPSA) is 27.1 Å². The average molecular weight is 306 g/mol. The molecule has 0 fully saturated rings. The molecule has 1 heterocycles. The number of methoxy groups -OCH3 is 1. The Balaban J connectivity index is 2.56. The number of hydrogen-bond acceptors (Lipinski definition) is 2. The highest BCUT2D eigenvalue weighted by Crippen LogP contribution is 2.32. The third kappa shape index (κ3) is 2.05. The van der Waals surface area contributed by atoms with Gasteiger partial charge in [-0.1, -0.05) is 11.6 Å². The smallest absolute Gasteiger partial charge is 0.161 e. The highest BCUT2D eigenvalue weighted by atomic mass is 79.9. The highest BCUT2D eigenvalue weighted by molar-refractivity contribution is 9.10. The van der Waals surface area contributed by atoms with E-state index in [1.54, 1.807) is 12.1 Å². The SMILES string of the molecule is COc1cc(-n2cc(F)cn2)c(Br)cc1Cl. The quantitative estimate of drug-likeness (QED) is 0.850. The Morgan fingerprint density at radius 2 is 2.25 bits per heavy atom. The maximum absolute atomic E-state index is 12.9. The molecule has 0 atom stereocenters. The van der Waals surface area contributed by atoms with E-state index in [0.717, 1.165) is 6.20 Å². The molecule has 0 aliphatic carbocycles. The zero-order chi connectivity index (χ0) is 11.7. The van der Waals surface area contributed by atoms with Crippen LogP contribution in [0.1, 0.15) is 0 Å². The van der Waals surface area contributed by atoms with Crippen LogP contribution in [0.15, 0.2) is 29.0 Å². The third-order valence-corrected chi connectivity index (χ3v) is 2.95. The van der Waals surface area contributed by atoms with E-state index >= 15 is 0 Å². The number of ether oxygens (including phenoxy) is 1. The van der Waals surface area contributed by atoms with Crippen LogP contribution in [0, 0.1) is 5.82 Å². The van der Waals surface area contributed by atoms with Gasteiger partial charge in [-0.25, -0.2) is 9.07 Å². The van der Waals surface area contributed by atoms with Gasteiger partial charge in [-0.3, -0.25) is 0 Å². The lowest BCUT2D eigenvalue weighted by Gasteiger charge is -2.08. The van der Waals surface area contributed by atoms with E-state index < -0.39 is 5.82 Å². The van der Waals surface area contributed by atoms with Gasteiger partial charge in [0.1, 0.15) is 5.75 Å². The first-order valence-electron chi connectivity index (χ1n) is 4.35. The molecule has 0 N–H and O–H groups in total. The minimum absolute atomic E-state index is 0.402. The molecule has 0 saturated carbocycles. The van der Waals surface area contributed by atoms with E-state index in [9.17, 15) is 4.39 Å². The monoisotopic (exact) mass is 304 g/mol. The van der Waals surface area contributed by atoms with Gasteiger partial charge in [0.05, 0.1) is 30.2 Å². The lowest BCUT2D eigenvalue weighted by molar-refractivity contribution is 0.414. The van der Waals surface area contributed by atoms with Crippen LogP contribution in [0.3, 0.4) is 0 Å². The van der Waals surface area contributed by atoms with Crippen LogP contribution >= 0.6 is 27.5 Å². The molecule has 2 rings (SSSR count). The summed E-state index contributed by atoms with van der Waals surface area (Å²) in [6, 6.07) is 3.36. The Labute approximate surface area is 105 Å². The van der Waals surface area contributed by atoms with Crippen molar-refractivity contribution < 1.29 is 9.13 Å². The van der Waals surface area contributed by atoms with Gasteiger partial charge in [0.15, 0.2) is 5.82 Å². The van der Waals surface area contributed by atoms with Crippen molar-refractivity contribution in [2.24, 2.45) is 0 Å². The van der Waals surface area contributed by atoms with Crippen LogP contribution in [0.2, 0.25) is 5.02 Å². The fourth-order valence-corrected chi connectivity index (χ4v) is 2.18. The number of aromatic nitrogens is 2. The Bertz CT molecular complexity index is 530. The van der Waals surface area contributed by atoms with Gasteiger partial charge in [-0.15, -0.1) is 0 Å². The average Bonchev–Trinajstić information content (AvgIpc) is 2.65. The molecule has 0 aliphatic rings. The second kappa shape index (κ2) is 4.43. The molecule has 1 aromatic heterocycles. The molecule has 2 aromatic rings. The van der Waals surface area contributed by atoms with Crippen LogP contribution in [0.25, 0.3) is 5.69 Å². The summed E-state index contributed by atoms with van der Waals surface area (Å²) in [7, 11) is 1.52. The fourth-order valence-electron chi connectivity index (χ4n) is 1.28. The van der Waals surface area contributed by atoms with Crippen molar-refractivity contribution in [2.75, 3.05) is 7.11 Å². The summed E-state index contributed by atoms with van der Waals surface area (Å²) >= 11 is 9.27. The van der Waals surface area contributed by atoms with Gasteiger partial charge in [0.25, 0.3) is 0 Å². The van der Waals surface area contributed by atoms with E-state index in [2.05, 4.69) is 21.0 Å². The van der Waals surface area contributed by atoms with E-state index in [4.69, 9.17) is 16.3 Å². The zero-order valence-electron chi connectivity index (χ0n) is 8.25. The summed E-state index contributed by atoms with van der Waals surface area (Å²) < 4.78 is 20.0. The lowest BCUT2D eigenvalue weighted by atomic mass is 10.3. The van der Waals surface area contributed by atoms with Gasteiger partial charge in [-0.2, -0.15) is 5.10 Å². The normalized spacial score (nSPS) is 10.5. The Hall–Kier alpha value is -1.07. The largest absolute Gasteiger partial charge is 0.495 e. The van der Waals surface area contributed by atoms with Crippen molar-refractivity contribution in [1.82, 2.24) is 9.78 Å². The minimum Gasteiger partial charge on any atom is -0.495 e. The summed E-state index contributed by atoms with van der Waals surface area (Å²) in [5.41, 5.74) is 0.658. The highest BCUT2D eigenvalue weighted by Gasteiger charge is 2.10. The molecule has 84 valence electrons. The molecule has 0 unspecified atom stereocenters. The second-order valence-electron chi connectivity index (χ2n) is 3.04. The maximum atomic E-state index is 12.9. The van der Waals surface area contributed by atoms with E-state index in [-0.39, 0.29) is 0 Å². The van der Waals surface area contributed by atoms with E-state index in [0.29, 0.717) is 20.9 Å². The predicted octanol–water partition coefficient (Wildman–Crippen LogP) is 3.44. The van der Waals surface area contributed by atoms with Crippen molar-refractivity contribution >= 4 is 27.5 Å². The summed E-state index contributed by atoms with van der Waals surface area (Å²) in [5, 5.41) is 4.34. The summed E-state index contributed by atoms with van der Waals surface area (Å²) in [6.07, 6.45) is 2.40. The number of halogens is 3. The zero-order valence-corrected chi connectivity index (χ0v) is 10.6. The molecule has 0 amide bonds. The predicted molar refractivity (Wildman–Crippen MR) is 62.8 cm³/mol. The number of rotatable bonds is 2. The molecular formula is C10H7BrClFN2O. The van der Waals surface area contributed by atoms with Crippen LogP contribution < -0.4 is 4.74 Å². The van der Waals surface area contributed by atoms with Crippen LogP contribution in [-0.2, 0) is 0 Å². The van der Waals surface area contributed by atoms with Gasteiger partial charge < -0.3 is 4.74 Å². The molecule has 6 heteroatoms. The first-order chi connectivity index (χ1) is 7.61. The summed E-state index contributed by atoms with van der Waals surface area (Å²) in [4.78, 5) is 0. The van der Waals surface area contributed by atoms with Gasteiger partial charge >= 0.3 is 0 Å². The lowest BCUT2D eigenvalue weighted by Crippen LogP contribution is -1.97. The minimum atomic E-state index is -0.402. The van der Waals surface area contributed by atoms with E-state index in [1.165, 1.54) is 18.0 Å². The van der Waals surface area contributed by atoms with Crippen molar-refractivity contribution in [3.05, 3.63) is 39.8 Å². The van der Waals surface area contributed by atoms with Crippen LogP contribution in [0.4, 0.5) is 4.39 Å². The van der Waals surface area contributed by atoms with Crippen LogP contribution in [-0.4, -0.2) is 16.9 Å². The first kappa shape index (κ1) is 11.4. The van der Waals surface area contributed by atoms with Crippen molar-refractivity contribution in [3.63, 3.8) is 0 Å². The maximum Gasteiger partial charge on any atom is 0.161 e. The number of benzene rings is 1. The Morgan fingerprint density at radius 1 is 1.50 bits per heavy atom. The van der Waals surface area contributed by atoms with Crippen LogP contribution in [0.5, 0.6) is 5.75 Å². The third-order valence-electron chi connectivity index (χ3n) is 2.02. The molecule has 0 aliphatic heterocycles. The molecule has 0 bridgehead atoms. The molecule has 3 nitrogen and oxygen atoms in total. The second-order valence-corrected chi connectivity index (χ2v) is 4.30. The molecule has 1 aromatic carbocycles. The molecule has 0 saturated heterocycles. The van der Waals surface area contributed by atoms with Crippen molar-refractivity contribution in [1.29, 1.82) is 0 Å². The standard InChI is InChI=1S/C10H7BrClFN2O/c1-16-10-3-9(7(11)2-8(10)12)15-5-6(13)4-14-15/h2-5H,1H3. The number of hydrogen-bond donors (Lipinski definition) is 0. The fraction of sp³-hybridized carbons (Fsp3) is 0.100. The van der Waals surface area contributed by atoms with Gasteiger partial charge in [0.2, 0.25) is 0 Å². The molecule has 0 spiro atoms. The summed E-state index contributed by atoms with van der Waals surface area (Å²) in [6.45, 7) is 0. The molecular weight excluding hydrogens is 298 g/mol. The number of nitrogens with zero attached hydrogens (tertiary/aromatic N) is 2. The summed E-state index contributed by atoms with van der Waals surface area (Å²) in [5.74, 6) is 0.108. The first-order valence-corrected chi connectivity index (χ1v) is 5.52. The van der Waals surface area contributed by atoms with Crippen molar-refractivity contribution in [3.8, 4) is 11.4 Å².